The minimum Gasteiger partial charge on any atom is -0.491 e. The van der Waals surface area contributed by atoms with E-state index in [0.717, 1.165) is 11.4 Å². The van der Waals surface area contributed by atoms with Crippen LogP contribution in [-0.2, 0) is 9.53 Å². The third-order valence-corrected chi connectivity index (χ3v) is 3.69. The fraction of sp³-hybridized carbons (Fsp3) is 0.158. The summed E-state index contributed by atoms with van der Waals surface area (Å²) in [6.45, 7) is 0.597. The Bertz CT molecular complexity index is 839. The summed E-state index contributed by atoms with van der Waals surface area (Å²) in [5.41, 5.74) is 1.29. The van der Waals surface area contributed by atoms with Crippen LogP contribution < -0.4 is 10.1 Å². The van der Waals surface area contributed by atoms with Crippen LogP contribution in [0, 0.1) is 0 Å². The minimum absolute atomic E-state index is 0.0801. The summed E-state index contributed by atoms with van der Waals surface area (Å²) in [4.78, 5) is 12.1. The van der Waals surface area contributed by atoms with E-state index in [-0.39, 0.29) is 12.5 Å². The number of aromatic nitrogens is 2. The van der Waals surface area contributed by atoms with Gasteiger partial charge in [0, 0.05) is 17.4 Å². The van der Waals surface area contributed by atoms with Gasteiger partial charge >= 0.3 is 0 Å². The lowest BCUT2D eigenvalue weighted by Gasteiger charge is -2.12. The molecule has 0 atom stereocenters. The molecule has 26 heavy (non-hydrogen) atoms. The second kappa shape index (κ2) is 9.03. The zero-order chi connectivity index (χ0) is 18.2. The number of anilines is 1. The van der Waals surface area contributed by atoms with Gasteiger partial charge < -0.3 is 14.8 Å². The van der Waals surface area contributed by atoms with Gasteiger partial charge in [-0.2, -0.15) is 5.10 Å². The van der Waals surface area contributed by atoms with E-state index in [9.17, 15) is 4.79 Å². The fourth-order valence-corrected chi connectivity index (χ4v) is 2.48. The Morgan fingerprint density at radius 2 is 1.96 bits per heavy atom. The molecule has 0 bridgehead atoms. The predicted octanol–water partition coefficient (Wildman–Crippen LogP) is 3.56. The Kier molecular flexibility index (Phi) is 6.24. The first-order valence-electron chi connectivity index (χ1n) is 8.07. The summed E-state index contributed by atoms with van der Waals surface area (Å²) >= 11 is 6.04. The number of hydrogen-bond acceptors (Lipinski definition) is 4. The van der Waals surface area contributed by atoms with Crippen LogP contribution in [0.25, 0.3) is 5.69 Å². The van der Waals surface area contributed by atoms with Crippen LogP contribution in [0.3, 0.4) is 0 Å². The third kappa shape index (κ3) is 5.08. The number of nitrogens with one attached hydrogen (secondary N) is 1. The van der Waals surface area contributed by atoms with Gasteiger partial charge in [0.05, 0.1) is 18.0 Å². The number of nitrogens with zero attached hydrogens (tertiary/aromatic N) is 2. The Morgan fingerprint density at radius 3 is 2.73 bits per heavy atom. The Hall–Kier alpha value is -2.83. The van der Waals surface area contributed by atoms with Crippen molar-refractivity contribution in [3.8, 4) is 11.4 Å². The number of ether oxygens (including phenoxy) is 2. The van der Waals surface area contributed by atoms with E-state index in [2.05, 4.69) is 10.4 Å². The number of hydrogen-bond donors (Lipinski definition) is 1. The summed E-state index contributed by atoms with van der Waals surface area (Å²) in [5, 5.41) is 7.49. The lowest BCUT2D eigenvalue weighted by atomic mass is 10.2. The number of para-hydroxylation sites is 1. The van der Waals surface area contributed by atoms with Gasteiger partial charge in [-0.1, -0.05) is 29.8 Å². The smallest absolute Gasteiger partial charge is 0.250 e. The van der Waals surface area contributed by atoms with Crippen LogP contribution >= 0.6 is 11.6 Å². The molecule has 3 aromatic rings. The molecule has 134 valence electrons. The van der Waals surface area contributed by atoms with Crippen LogP contribution in [-0.4, -0.2) is 35.5 Å². The molecule has 1 amide bonds. The Labute approximate surface area is 156 Å². The van der Waals surface area contributed by atoms with Gasteiger partial charge in [-0.3, -0.25) is 4.79 Å². The lowest BCUT2D eigenvalue weighted by Crippen LogP contribution is -2.21. The van der Waals surface area contributed by atoms with Crippen LogP contribution in [0.4, 0.5) is 5.69 Å². The maximum Gasteiger partial charge on any atom is 0.250 e. The monoisotopic (exact) mass is 371 g/mol. The van der Waals surface area contributed by atoms with Crippen LogP contribution in [0.15, 0.2) is 67.0 Å². The molecule has 6 nitrogen and oxygen atoms in total. The minimum atomic E-state index is -0.277. The van der Waals surface area contributed by atoms with Crippen LogP contribution in [0.2, 0.25) is 5.02 Å². The van der Waals surface area contributed by atoms with E-state index in [0.29, 0.717) is 23.9 Å². The van der Waals surface area contributed by atoms with Crippen molar-refractivity contribution in [2.75, 3.05) is 25.1 Å². The van der Waals surface area contributed by atoms with Gasteiger partial charge in [-0.05, 0) is 36.4 Å². The van der Waals surface area contributed by atoms with Crippen molar-refractivity contribution >= 4 is 23.2 Å². The molecule has 2 aromatic carbocycles. The molecule has 0 unspecified atom stereocenters. The normalized spacial score (nSPS) is 10.5. The highest BCUT2D eigenvalue weighted by Crippen LogP contribution is 2.24. The highest BCUT2D eigenvalue weighted by atomic mass is 35.5. The van der Waals surface area contributed by atoms with Gasteiger partial charge in [0.15, 0.2) is 0 Å². The molecule has 1 heterocycles. The molecule has 0 aliphatic heterocycles. The Morgan fingerprint density at radius 1 is 1.12 bits per heavy atom. The average Bonchev–Trinajstić information content (AvgIpc) is 3.17. The number of rotatable bonds is 8. The highest BCUT2D eigenvalue weighted by Gasteiger charge is 2.10. The van der Waals surface area contributed by atoms with E-state index < -0.39 is 0 Å². The van der Waals surface area contributed by atoms with Gasteiger partial charge in [0.2, 0.25) is 5.91 Å². The van der Waals surface area contributed by atoms with Crippen molar-refractivity contribution in [2.24, 2.45) is 0 Å². The van der Waals surface area contributed by atoms with Crippen molar-refractivity contribution in [1.29, 1.82) is 0 Å². The summed E-state index contributed by atoms with van der Waals surface area (Å²) in [6.07, 6.45) is 3.45. The highest BCUT2D eigenvalue weighted by molar-refractivity contribution is 6.31. The molecule has 0 aliphatic carbocycles. The SMILES string of the molecule is O=C(COCCOc1ccccc1)Nc1cc(Cl)ccc1-n1cccn1. The molecule has 7 heteroatoms. The number of carbonyl (C=O) groups excluding carboxylic acids is 1. The van der Waals surface area contributed by atoms with Gasteiger partial charge in [0.25, 0.3) is 0 Å². The van der Waals surface area contributed by atoms with E-state index in [1.807, 2.05) is 30.3 Å². The third-order valence-electron chi connectivity index (χ3n) is 3.46. The largest absolute Gasteiger partial charge is 0.491 e. The van der Waals surface area contributed by atoms with Crippen molar-refractivity contribution in [1.82, 2.24) is 9.78 Å². The molecule has 0 aliphatic rings. The number of carbonyl (C=O) groups is 1. The number of halogens is 1. The van der Waals surface area contributed by atoms with Gasteiger partial charge in [-0.15, -0.1) is 0 Å². The van der Waals surface area contributed by atoms with E-state index >= 15 is 0 Å². The Balaban J connectivity index is 1.48. The molecule has 3 rings (SSSR count). The van der Waals surface area contributed by atoms with Crippen molar-refractivity contribution < 1.29 is 14.3 Å². The van der Waals surface area contributed by atoms with Gasteiger partial charge in [0.1, 0.15) is 19.0 Å². The zero-order valence-electron chi connectivity index (χ0n) is 14.0. The second-order valence-corrected chi connectivity index (χ2v) is 5.81. The average molecular weight is 372 g/mol. The van der Waals surface area contributed by atoms with Crippen molar-refractivity contribution in [3.63, 3.8) is 0 Å². The van der Waals surface area contributed by atoms with Gasteiger partial charge in [-0.25, -0.2) is 4.68 Å². The van der Waals surface area contributed by atoms with E-state index in [1.165, 1.54) is 0 Å². The molecule has 0 radical (unpaired) electrons. The predicted molar refractivity (Wildman–Crippen MR) is 100.0 cm³/mol. The molecule has 0 fully saturated rings. The lowest BCUT2D eigenvalue weighted by molar-refractivity contribution is -0.120. The molecule has 1 N–H and O–H groups in total. The quantitative estimate of drug-likeness (QED) is 0.615. The second-order valence-electron chi connectivity index (χ2n) is 5.37. The van der Waals surface area contributed by atoms with Crippen molar-refractivity contribution in [3.05, 3.63) is 72.0 Å². The van der Waals surface area contributed by atoms with E-state index in [4.69, 9.17) is 21.1 Å². The number of benzene rings is 2. The maximum absolute atomic E-state index is 12.1. The van der Waals surface area contributed by atoms with Crippen LogP contribution in [0.1, 0.15) is 0 Å². The summed E-state index contributed by atoms with van der Waals surface area (Å²) < 4.78 is 12.5. The maximum atomic E-state index is 12.1. The first kappa shape index (κ1) is 18.0. The summed E-state index contributed by atoms with van der Waals surface area (Å²) in [7, 11) is 0. The standard InChI is InChI=1S/C19H18ClN3O3/c20-15-7-8-18(23-10-4-9-21-23)17(13-15)22-19(24)14-25-11-12-26-16-5-2-1-3-6-16/h1-10,13H,11-12,14H2,(H,22,24). The molecule has 0 saturated heterocycles. The number of amides is 1. The summed E-state index contributed by atoms with van der Waals surface area (Å²) in [5.74, 6) is 0.490. The summed E-state index contributed by atoms with van der Waals surface area (Å²) in [6, 6.07) is 16.4. The van der Waals surface area contributed by atoms with E-state index in [1.54, 1.807) is 41.3 Å². The molecule has 1 aromatic heterocycles. The first-order valence-corrected chi connectivity index (χ1v) is 8.45. The molecular weight excluding hydrogens is 354 g/mol. The topological polar surface area (TPSA) is 65.4 Å². The zero-order valence-corrected chi connectivity index (χ0v) is 14.7. The van der Waals surface area contributed by atoms with Crippen LogP contribution in [0.5, 0.6) is 5.75 Å². The fourth-order valence-electron chi connectivity index (χ4n) is 2.31. The molecular formula is C19H18ClN3O3. The van der Waals surface area contributed by atoms with Crippen molar-refractivity contribution in [2.45, 2.75) is 0 Å². The molecule has 0 spiro atoms. The first-order chi connectivity index (χ1) is 12.7. The molecule has 0 saturated carbocycles.